The van der Waals surface area contributed by atoms with Crippen molar-refractivity contribution in [2.24, 2.45) is 0 Å². The second-order valence-corrected chi connectivity index (χ2v) is 2.86. The van der Waals surface area contributed by atoms with E-state index < -0.39 is 12.7 Å². The first-order valence-corrected chi connectivity index (χ1v) is 4.12. The summed E-state index contributed by atoms with van der Waals surface area (Å²) in [7, 11) is 0. The summed E-state index contributed by atoms with van der Waals surface area (Å²) in [5, 5.41) is 35.9. The van der Waals surface area contributed by atoms with E-state index in [1.165, 1.54) is 18.2 Å². The number of hydrogen-bond donors (Lipinski definition) is 4. The minimum absolute atomic E-state index is 0.0741. The molecule has 1 unspecified atom stereocenters. The summed E-state index contributed by atoms with van der Waals surface area (Å²) in [5.74, 6) is -0.261. The third-order valence-corrected chi connectivity index (χ3v) is 1.70. The van der Waals surface area contributed by atoms with Gasteiger partial charge in [-0.1, -0.05) is 12.1 Å². The molecule has 0 aliphatic rings. The zero-order valence-electron chi connectivity index (χ0n) is 7.46. The van der Waals surface area contributed by atoms with Crippen LogP contribution in [0.25, 0.3) is 6.08 Å². The number of rotatable bonds is 3. The highest BCUT2D eigenvalue weighted by Gasteiger charge is 2.06. The van der Waals surface area contributed by atoms with Gasteiger partial charge in [0, 0.05) is 0 Å². The molecule has 14 heavy (non-hydrogen) atoms. The lowest BCUT2D eigenvalue weighted by molar-refractivity contribution is 0.0888. The SMILES string of the molecule is OCC(O)C(O)=Cc1cccc(O)c1. The zero-order valence-corrected chi connectivity index (χ0v) is 7.46. The first-order chi connectivity index (χ1) is 6.63. The molecule has 0 amide bonds. The summed E-state index contributed by atoms with van der Waals surface area (Å²) in [5.41, 5.74) is 0.551. The molecule has 76 valence electrons. The predicted molar refractivity (Wildman–Crippen MR) is 51.8 cm³/mol. The van der Waals surface area contributed by atoms with Crippen molar-refractivity contribution in [2.75, 3.05) is 6.61 Å². The lowest BCUT2D eigenvalue weighted by atomic mass is 10.1. The number of benzene rings is 1. The first kappa shape index (κ1) is 10.6. The number of hydrogen-bond acceptors (Lipinski definition) is 4. The van der Waals surface area contributed by atoms with Crippen LogP contribution in [0.5, 0.6) is 5.75 Å². The van der Waals surface area contributed by atoms with Gasteiger partial charge < -0.3 is 20.4 Å². The van der Waals surface area contributed by atoms with Gasteiger partial charge in [-0.15, -0.1) is 0 Å². The van der Waals surface area contributed by atoms with E-state index in [9.17, 15) is 5.11 Å². The van der Waals surface area contributed by atoms with Crippen LogP contribution in [-0.4, -0.2) is 33.1 Å². The van der Waals surface area contributed by atoms with Gasteiger partial charge in [0.15, 0.2) is 0 Å². The molecule has 0 fully saturated rings. The van der Waals surface area contributed by atoms with E-state index >= 15 is 0 Å². The molecule has 1 atom stereocenters. The fourth-order valence-electron chi connectivity index (χ4n) is 0.975. The minimum Gasteiger partial charge on any atom is -0.509 e. The van der Waals surface area contributed by atoms with Crippen LogP contribution in [0.3, 0.4) is 0 Å². The van der Waals surface area contributed by atoms with Gasteiger partial charge in [0.2, 0.25) is 0 Å². The van der Waals surface area contributed by atoms with Crippen molar-refractivity contribution in [1.82, 2.24) is 0 Å². The van der Waals surface area contributed by atoms with Gasteiger partial charge in [0.1, 0.15) is 17.6 Å². The maximum atomic E-state index is 9.23. The standard InChI is InChI=1S/C10H12O4/c11-6-10(14)9(13)5-7-2-1-3-8(12)4-7/h1-5,10-14H,6H2. The quantitative estimate of drug-likeness (QED) is 0.535. The van der Waals surface area contributed by atoms with Crippen LogP contribution in [0.15, 0.2) is 30.0 Å². The second kappa shape index (κ2) is 4.64. The molecule has 0 aliphatic heterocycles. The van der Waals surface area contributed by atoms with Gasteiger partial charge in [-0.3, -0.25) is 0 Å². The topological polar surface area (TPSA) is 80.9 Å². The van der Waals surface area contributed by atoms with E-state index in [0.29, 0.717) is 5.56 Å². The first-order valence-electron chi connectivity index (χ1n) is 4.12. The van der Waals surface area contributed by atoms with Gasteiger partial charge in [-0.05, 0) is 23.8 Å². The van der Waals surface area contributed by atoms with Crippen molar-refractivity contribution in [2.45, 2.75) is 6.10 Å². The van der Waals surface area contributed by atoms with Gasteiger partial charge >= 0.3 is 0 Å². The fraction of sp³-hybridized carbons (Fsp3) is 0.200. The summed E-state index contributed by atoms with van der Waals surface area (Å²) < 4.78 is 0. The number of phenols is 1. The lowest BCUT2D eigenvalue weighted by Crippen LogP contribution is -2.14. The molecule has 0 aromatic heterocycles. The Balaban J connectivity index is 2.86. The Bertz CT molecular complexity index is 333. The maximum absolute atomic E-state index is 9.23. The van der Waals surface area contributed by atoms with Crippen LogP contribution in [0, 0.1) is 0 Å². The van der Waals surface area contributed by atoms with E-state index in [4.69, 9.17) is 15.3 Å². The summed E-state index contributed by atoms with van der Waals surface area (Å²) in [6.45, 7) is -0.541. The van der Waals surface area contributed by atoms with E-state index in [1.54, 1.807) is 12.1 Å². The fourth-order valence-corrected chi connectivity index (χ4v) is 0.975. The third-order valence-electron chi connectivity index (χ3n) is 1.70. The van der Waals surface area contributed by atoms with Crippen molar-refractivity contribution >= 4 is 6.08 Å². The van der Waals surface area contributed by atoms with E-state index in [0.717, 1.165) is 0 Å². The van der Waals surface area contributed by atoms with Crippen molar-refractivity contribution in [1.29, 1.82) is 0 Å². The average molecular weight is 196 g/mol. The van der Waals surface area contributed by atoms with E-state index in [1.807, 2.05) is 0 Å². The molecular formula is C10H12O4. The molecule has 0 spiro atoms. The Morgan fingerprint density at radius 2 is 2.14 bits per heavy atom. The molecule has 1 aromatic rings. The number of aliphatic hydroxyl groups is 3. The number of aromatic hydroxyl groups is 1. The van der Waals surface area contributed by atoms with E-state index in [-0.39, 0.29) is 11.5 Å². The van der Waals surface area contributed by atoms with Crippen molar-refractivity contribution in [3.05, 3.63) is 35.6 Å². The average Bonchev–Trinajstić information content (AvgIpc) is 2.16. The molecule has 1 rings (SSSR count). The zero-order chi connectivity index (χ0) is 10.6. The normalized spacial score (nSPS) is 14.0. The molecule has 0 aliphatic carbocycles. The molecule has 0 saturated carbocycles. The summed E-state index contributed by atoms with van der Waals surface area (Å²) >= 11 is 0. The van der Waals surface area contributed by atoms with E-state index in [2.05, 4.69) is 0 Å². The van der Waals surface area contributed by atoms with Crippen molar-refractivity contribution in [3.8, 4) is 5.75 Å². The van der Waals surface area contributed by atoms with Crippen LogP contribution in [0.2, 0.25) is 0 Å². The molecule has 4 N–H and O–H groups in total. The largest absolute Gasteiger partial charge is 0.509 e. The van der Waals surface area contributed by atoms with Gasteiger partial charge in [-0.2, -0.15) is 0 Å². The highest BCUT2D eigenvalue weighted by molar-refractivity contribution is 5.53. The molecule has 1 aromatic carbocycles. The summed E-state index contributed by atoms with van der Waals surface area (Å²) in [6, 6.07) is 6.19. The molecule has 0 heterocycles. The third kappa shape index (κ3) is 2.76. The predicted octanol–water partition coefficient (Wildman–Crippen LogP) is 0.644. The minimum atomic E-state index is -1.28. The lowest BCUT2D eigenvalue weighted by Gasteiger charge is -2.05. The van der Waals surface area contributed by atoms with Crippen LogP contribution in [-0.2, 0) is 0 Å². The Morgan fingerprint density at radius 3 is 2.71 bits per heavy atom. The highest BCUT2D eigenvalue weighted by Crippen LogP contribution is 2.14. The van der Waals surface area contributed by atoms with Crippen LogP contribution >= 0.6 is 0 Å². The van der Waals surface area contributed by atoms with Crippen molar-refractivity contribution < 1.29 is 20.4 Å². The Kier molecular flexibility index (Phi) is 3.50. The molecule has 4 nitrogen and oxygen atoms in total. The van der Waals surface area contributed by atoms with Gasteiger partial charge in [0.25, 0.3) is 0 Å². The van der Waals surface area contributed by atoms with Gasteiger partial charge in [0.05, 0.1) is 6.61 Å². The van der Waals surface area contributed by atoms with Crippen LogP contribution in [0.4, 0.5) is 0 Å². The Hall–Kier alpha value is -1.52. The number of phenolic OH excluding ortho intramolecular Hbond substituents is 1. The molecular weight excluding hydrogens is 184 g/mol. The van der Waals surface area contributed by atoms with Crippen LogP contribution in [0.1, 0.15) is 5.56 Å². The monoisotopic (exact) mass is 196 g/mol. The molecule has 0 radical (unpaired) electrons. The maximum Gasteiger partial charge on any atom is 0.134 e. The van der Waals surface area contributed by atoms with Gasteiger partial charge in [-0.25, -0.2) is 0 Å². The molecule has 4 heteroatoms. The summed E-state index contributed by atoms with van der Waals surface area (Å²) in [6.07, 6.45) is -0.00185. The molecule has 0 bridgehead atoms. The Labute approximate surface area is 81.4 Å². The van der Waals surface area contributed by atoms with Crippen LogP contribution < -0.4 is 0 Å². The smallest absolute Gasteiger partial charge is 0.134 e. The Morgan fingerprint density at radius 1 is 1.43 bits per heavy atom. The summed E-state index contributed by atoms with van der Waals surface area (Å²) in [4.78, 5) is 0. The second-order valence-electron chi connectivity index (χ2n) is 2.86. The highest BCUT2D eigenvalue weighted by atomic mass is 16.3. The number of aliphatic hydroxyl groups excluding tert-OH is 3. The molecule has 0 saturated heterocycles. The van der Waals surface area contributed by atoms with Crippen molar-refractivity contribution in [3.63, 3.8) is 0 Å².